The van der Waals surface area contributed by atoms with Gasteiger partial charge in [-0.2, -0.15) is 4.31 Å². The SMILES string of the molecule is CCCC(=O)ON(C)CCCCCCOC1CCC(N(C)S(=O)(=O)c2ccc(Br)cc2)CC1. The highest BCUT2D eigenvalue weighted by Gasteiger charge is 2.31. The smallest absolute Gasteiger partial charge is 0.325 e. The first-order valence-electron chi connectivity index (χ1n) is 12.0. The predicted molar refractivity (Wildman–Crippen MR) is 133 cm³/mol. The van der Waals surface area contributed by atoms with Crippen LogP contribution in [0.25, 0.3) is 0 Å². The molecule has 0 aliphatic heterocycles. The summed E-state index contributed by atoms with van der Waals surface area (Å²) >= 11 is 3.35. The van der Waals surface area contributed by atoms with E-state index in [1.54, 1.807) is 43.4 Å². The number of hydroxylamine groups is 2. The van der Waals surface area contributed by atoms with Crippen molar-refractivity contribution in [2.75, 3.05) is 27.2 Å². The Morgan fingerprint density at radius 3 is 2.30 bits per heavy atom. The van der Waals surface area contributed by atoms with Gasteiger partial charge in [-0.25, -0.2) is 8.42 Å². The van der Waals surface area contributed by atoms with Crippen molar-refractivity contribution in [2.45, 2.75) is 88.2 Å². The molecule has 9 heteroatoms. The van der Waals surface area contributed by atoms with Gasteiger partial charge in [0.15, 0.2) is 0 Å². The van der Waals surface area contributed by atoms with Crippen LogP contribution in [-0.4, -0.2) is 63.1 Å². The van der Waals surface area contributed by atoms with Gasteiger partial charge in [0.2, 0.25) is 10.0 Å². The van der Waals surface area contributed by atoms with Gasteiger partial charge in [-0.1, -0.05) is 35.7 Å². The van der Waals surface area contributed by atoms with Gasteiger partial charge in [0.25, 0.3) is 0 Å². The number of benzene rings is 1. The van der Waals surface area contributed by atoms with Gasteiger partial charge in [-0.05, 0) is 69.2 Å². The summed E-state index contributed by atoms with van der Waals surface area (Å²) in [7, 11) is 0.00804. The molecule has 7 nitrogen and oxygen atoms in total. The molecule has 0 aromatic heterocycles. The van der Waals surface area contributed by atoms with Crippen molar-refractivity contribution in [1.29, 1.82) is 0 Å². The van der Waals surface area contributed by atoms with Crippen molar-refractivity contribution in [3.8, 4) is 0 Å². The summed E-state index contributed by atoms with van der Waals surface area (Å²) in [4.78, 5) is 17.0. The minimum atomic E-state index is -3.48. The Morgan fingerprint density at radius 1 is 1.03 bits per heavy atom. The first-order chi connectivity index (χ1) is 15.7. The third-order valence-corrected chi connectivity index (χ3v) is 8.53. The summed E-state index contributed by atoms with van der Waals surface area (Å²) < 4.78 is 34.2. The second kappa shape index (κ2) is 14.4. The summed E-state index contributed by atoms with van der Waals surface area (Å²) in [6.07, 6.45) is 9.05. The largest absolute Gasteiger partial charge is 0.378 e. The highest BCUT2D eigenvalue weighted by Crippen LogP contribution is 2.28. The molecule has 0 bridgehead atoms. The maximum Gasteiger partial charge on any atom is 0.325 e. The number of sulfonamides is 1. The molecule has 1 fully saturated rings. The maximum atomic E-state index is 12.9. The van der Waals surface area contributed by atoms with Gasteiger partial charge in [-0.3, -0.25) is 4.79 Å². The lowest BCUT2D eigenvalue weighted by Gasteiger charge is -2.34. The van der Waals surface area contributed by atoms with Crippen molar-refractivity contribution in [2.24, 2.45) is 0 Å². The number of rotatable bonds is 14. The average molecular weight is 548 g/mol. The topological polar surface area (TPSA) is 76.2 Å². The first kappa shape index (κ1) is 28.2. The lowest BCUT2D eigenvalue weighted by molar-refractivity contribution is -0.184. The zero-order valence-corrected chi connectivity index (χ0v) is 22.6. The molecular formula is C24H39BrN2O5S. The fourth-order valence-corrected chi connectivity index (χ4v) is 5.73. The van der Waals surface area contributed by atoms with E-state index in [0.717, 1.165) is 75.4 Å². The Bertz CT molecular complexity index is 811. The maximum absolute atomic E-state index is 12.9. The monoisotopic (exact) mass is 546 g/mol. The molecule has 188 valence electrons. The van der Waals surface area contributed by atoms with Crippen molar-refractivity contribution >= 4 is 31.9 Å². The molecule has 1 saturated carbocycles. The van der Waals surface area contributed by atoms with E-state index in [2.05, 4.69) is 15.9 Å². The summed E-state index contributed by atoms with van der Waals surface area (Å²) in [5.41, 5.74) is 0. The molecule has 1 aromatic rings. The highest BCUT2D eigenvalue weighted by atomic mass is 79.9. The van der Waals surface area contributed by atoms with Crippen LogP contribution in [0.3, 0.4) is 0 Å². The van der Waals surface area contributed by atoms with Crippen LogP contribution in [0.5, 0.6) is 0 Å². The Morgan fingerprint density at radius 2 is 1.67 bits per heavy atom. The molecule has 33 heavy (non-hydrogen) atoms. The van der Waals surface area contributed by atoms with Crippen LogP contribution in [-0.2, 0) is 24.4 Å². The van der Waals surface area contributed by atoms with Crippen LogP contribution in [0.4, 0.5) is 0 Å². The fraction of sp³-hybridized carbons (Fsp3) is 0.708. The molecule has 0 N–H and O–H groups in total. The van der Waals surface area contributed by atoms with Crippen molar-refractivity contribution < 1.29 is 22.8 Å². The molecule has 0 heterocycles. The van der Waals surface area contributed by atoms with Gasteiger partial charge in [-0.15, -0.1) is 5.06 Å². The standard InChI is InChI=1S/C24H39BrN2O5S/c1-4-9-24(28)32-26(2)18-7-5-6-8-19-31-22-14-12-21(13-15-22)27(3)33(29,30)23-16-10-20(25)11-17-23/h10-11,16-17,21-22H,4-9,12-15,18-19H2,1-3H3. The number of unbranched alkanes of at least 4 members (excludes halogenated alkanes) is 3. The normalized spacial score (nSPS) is 19.2. The average Bonchev–Trinajstić information content (AvgIpc) is 2.78. The quantitative estimate of drug-likeness (QED) is 0.237. The molecule has 0 unspecified atom stereocenters. The lowest BCUT2D eigenvalue weighted by Crippen LogP contribution is -2.40. The Balaban J connectivity index is 1.58. The van der Waals surface area contributed by atoms with E-state index in [-0.39, 0.29) is 18.1 Å². The van der Waals surface area contributed by atoms with Gasteiger partial charge in [0.05, 0.1) is 11.0 Å². The van der Waals surface area contributed by atoms with Gasteiger partial charge >= 0.3 is 5.97 Å². The summed E-state index contributed by atoms with van der Waals surface area (Å²) in [6.45, 7) is 3.45. The Hall–Kier alpha value is -1.00. The van der Waals surface area contributed by atoms with Crippen molar-refractivity contribution in [3.05, 3.63) is 28.7 Å². The molecule has 0 amide bonds. The minimum Gasteiger partial charge on any atom is -0.378 e. The molecular weight excluding hydrogens is 508 g/mol. The van der Waals surface area contributed by atoms with E-state index in [9.17, 15) is 13.2 Å². The Labute approximate surface area is 207 Å². The van der Waals surface area contributed by atoms with Crippen LogP contribution in [0.15, 0.2) is 33.6 Å². The second-order valence-corrected chi connectivity index (χ2v) is 11.7. The third kappa shape index (κ3) is 9.64. The summed E-state index contributed by atoms with van der Waals surface area (Å²) in [5, 5.41) is 1.63. The van der Waals surface area contributed by atoms with Crippen molar-refractivity contribution in [1.82, 2.24) is 9.37 Å². The molecule has 2 rings (SSSR count). The van der Waals surface area contributed by atoms with Gasteiger partial charge in [0, 0.05) is 44.2 Å². The van der Waals surface area contributed by atoms with E-state index >= 15 is 0 Å². The number of carbonyl (C=O) groups excluding carboxylic acids is 1. The molecule has 0 saturated heterocycles. The van der Waals surface area contributed by atoms with E-state index in [0.29, 0.717) is 11.3 Å². The molecule has 0 spiro atoms. The Kier molecular flexibility index (Phi) is 12.3. The highest BCUT2D eigenvalue weighted by molar-refractivity contribution is 9.10. The predicted octanol–water partition coefficient (Wildman–Crippen LogP) is 5.15. The van der Waals surface area contributed by atoms with Crippen LogP contribution in [0, 0.1) is 0 Å². The van der Waals surface area contributed by atoms with E-state index < -0.39 is 10.0 Å². The second-order valence-electron chi connectivity index (χ2n) is 8.76. The zero-order chi connectivity index (χ0) is 24.3. The number of halogens is 1. The molecule has 0 atom stereocenters. The number of hydrogen-bond acceptors (Lipinski definition) is 6. The van der Waals surface area contributed by atoms with E-state index in [1.165, 1.54) is 4.31 Å². The fourth-order valence-electron chi connectivity index (χ4n) is 4.05. The number of nitrogens with zero attached hydrogens (tertiary/aromatic N) is 2. The summed E-state index contributed by atoms with van der Waals surface area (Å²) in [6, 6.07) is 6.81. The first-order valence-corrected chi connectivity index (χ1v) is 14.2. The number of ether oxygens (including phenoxy) is 1. The molecule has 0 radical (unpaired) electrons. The van der Waals surface area contributed by atoms with E-state index in [1.807, 2.05) is 6.92 Å². The van der Waals surface area contributed by atoms with Gasteiger partial charge < -0.3 is 9.57 Å². The van der Waals surface area contributed by atoms with E-state index in [4.69, 9.17) is 9.57 Å². The molecule has 1 aliphatic rings. The number of carbonyl (C=O) groups is 1. The minimum absolute atomic E-state index is 0.0157. The van der Waals surface area contributed by atoms with Crippen molar-refractivity contribution in [3.63, 3.8) is 0 Å². The number of hydrogen-bond donors (Lipinski definition) is 0. The molecule has 1 aromatic carbocycles. The lowest BCUT2D eigenvalue weighted by atomic mass is 9.93. The third-order valence-electron chi connectivity index (χ3n) is 6.08. The summed E-state index contributed by atoms with van der Waals surface area (Å²) in [5.74, 6) is -0.166. The zero-order valence-electron chi connectivity index (χ0n) is 20.2. The van der Waals surface area contributed by atoms with Crippen LogP contribution in [0.2, 0.25) is 0 Å². The van der Waals surface area contributed by atoms with Crippen LogP contribution < -0.4 is 0 Å². The molecule has 1 aliphatic carbocycles. The van der Waals surface area contributed by atoms with Crippen LogP contribution in [0.1, 0.15) is 71.1 Å². The van der Waals surface area contributed by atoms with Gasteiger partial charge in [0.1, 0.15) is 0 Å². The van der Waals surface area contributed by atoms with Crippen LogP contribution >= 0.6 is 15.9 Å².